The Morgan fingerprint density at radius 3 is 2.47 bits per heavy atom. The maximum absolute atomic E-state index is 9.31. The molecule has 0 fully saturated rings. The van der Waals surface area contributed by atoms with Crippen LogP contribution in [0.2, 0.25) is 5.02 Å². The summed E-state index contributed by atoms with van der Waals surface area (Å²) in [5, 5.41) is 9.76. The summed E-state index contributed by atoms with van der Waals surface area (Å²) in [7, 11) is 3.10. The van der Waals surface area contributed by atoms with Crippen molar-refractivity contribution >= 4 is 11.6 Å². The third-order valence-electron chi connectivity index (χ3n) is 2.08. The van der Waals surface area contributed by atoms with Crippen LogP contribution in [0.25, 0.3) is 0 Å². The zero-order chi connectivity index (χ0) is 11.4. The third kappa shape index (κ3) is 2.76. The molecule has 0 heterocycles. The van der Waals surface area contributed by atoms with E-state index >= 15 is 0 Å². The Bertz CT molecular complexity index is 337. The van der Waals surface area contributed by atoms with Gasteiger partial charge in [-0.1, -0.05) is 17.7 Å². The maximum atomic E-state index is 9.31. The molecule has 0 aliphatic carbocycles. The van der Waals surface area contributed by atoms with Crippen molar-refractivity contribution in [2.75, 3.05) is 14.2 Å². The molecule has 1 atom stereocenters. The predicted molar refractivity (Wildman–Crippen MR) is 59.9 cm³/mol. The Kier molecular flexibility index (Phi) is 4.24. The van der Waals surface area contributed by atoms with Gasteiger partial charge in [-0.25, -0.2) is 0 Å². The van der Waals surface area contributed by atoms with Crippen molar-refractivity contribution in [1.29, 1.82) is 0 Å². The molecule has 1 aromatic carbocycles. The van der Waals surface area contributed by atoms with E-state index in [9.17, 15) is 5.11 Å². The zero-order valence-corrected chi connectivity index (χ0v) is 9.84. The van der Waals surface area contributed by atoms with Crippen molar-refractivity contribution in [3.63, 3.8) is 0 Å². The smallest absolute Gasteiger partial charge is 0.144 e. The van der Waals surface area contributed by atoms with Gasteiger partial charge < -0.3 is 14.6 Å². The Labute approximate surface area is 94.6 Å². The Balaban J connectivity index is 3.12. The highest BCUT2D eigenvalue weighted by molar-refractivity contribution is 6.33. The molecule has 0 amide bonds. The van der Waals surface area contributed by atoms with Crippen LogP contribution in [0.1, 0.15) is 12.5 Å². The lowest BCUT2D eigenvalue weighted by molar-refractivity contribution is 0.194. The molecule has 0 aromatic heterocycles. The fourth-order valence-electron chi connectivity index (χ4n) is 1.44. The fourth-order valence-corrected chi connectivity index (χ4v) is 1.77. The predicted octanol–water partition coefficient (Wildman–Crippen LogP) is 2.28. The monoisotopic (exact) mass is 230 g/mol. The molecule has 0 bridgehead atoms. The van der Waals surface area contributed by atoms with Gasteiger partial charge in [0.25, 0.3) is 0 Å². The standard InChI is InChI=1S/C11H15ClO3/c1-7(13)6-8-4-5-9(14-2)10(12)11(8)15-3/h4-5,7,13H,6H2,1-3H3. The van der Waals surface area contributed by atoms with E-state index in [0.29, 0.717) is 22.9 Å². The highest BCUT2D eigenvalue weighted by Gasteiger charge is 2.14. The second-order valence-corrected chi connectivity index (χ2v) is 3.71. The van der Waals surface area contributed by atoms with E-state index in [1.165, 1.54) is 0 Å². The molecule has 4 heteroatoms. The minimum absolute atomic E-state index is 0.427. The zero-order valence-electron chi connectivity index (χ0n) is 9.08. The van der Waals surface area contributed by atoms with Crippen LogP contribution < -0.4 is 9.47 Å². The van der Waals surface area contributed by atoms with E-state index < -0.39 is 6.10 Å². The molecule has 0 spiro atoms. The van der Waals surface area contributed by atoms with Crippen LogP contribution in [-0.4, -0.2) is 25.4 Å². The fraction of sp³-hybridized carbons (Fsp3) is 0.455. The molecule has 84 valence electrons. The number of hydrogen-bond donors (Lipinski definition) is 1. The highest BCUT2D eigenvalue weighted by Crippen LogP contribution is 2.37. The van der Waals surface area contributed by atoms with Crippen LogP contribution in [0.3, 0.4) is 0 Å². The average molecular weight is 231 g/mol. The highest BCUT2D eigenvalue weighted by atomic mass is 35.5. The van der Waals surface area contributed by atoms with Crippen LogP contribution >= 0.6 is 11.6 Å². The van der Waals surface area contributed by atoms with Gasteiger partial charge in [0.2, 0.25) is 0 Å². The number of ether oxygens (including phenoxy) is 2. The molecule has 15 heavy (non-hydrogen) atoms. The maximum Gasteiger partial charge on any atom is 0.144 e. The Hall–Kier alpha value is -0.930. The summed E-state index contributed by atoms with van der Waals surface area (Å²) in [6, 6.07) is 3.61. The number of aliphatic hydroxyl groups excluding tert-OH is 1. The lowest BCUT2D eigenvalue weighted by atomic mass is 10.1. The largest absolute Gasteiger partial charge is 0.495 e. The normalized spacial score (nSPS) is 12.3. The van der Waals surface area contributed by atoms with E-state index in [-0.39, 0.29) is 0 Å². The van der Waals surface area contributed by atoms with E-state index in [0.717, 1.165) is 5.56 Å². The minimum Gasteiger partial charge on any atom is -0.495 e. The van der Waals surface area contributed by atoms with E-state index in [1.807, 2.05) is 6.07 Å². The molecule has 0 aliphatic rings. The van der Waals surface area contributed by atoms with E-state index in [1.54, 1.807) is 27.2 Å². The quantitative estimate of drug-likeness (QED) is 0.863. The van der Waals surface area contributed by atoms with Gasteiger partial charge in [0.15, 0.2) is 0 Å². The van der Waals surface area contributed by atoms with Gasteiger partial charge in [-0.2, -0.15) is 0 Å². The molecule has 3 nitrogen and oxygen atoms in total. The van der Waals surface area contributed by atoms with Crippen molar-refractivity contribution in [3.8, 4) is 11.5 Å². The number of aliphatic hydroxyl groups is 1. The van der Waals surface area contributed by atoms with Crippen molar-refractivity contribution < 1.29 is 14.6 Å². The number of rotatable bonds is 4. The molecule has 0 radical (unpaired) electrons. The lowest BCUT2D eigenvalue weighted by Crippen LogP contribution is -2.06. The lowest BCUT2D eigenvalue weighted by Gasteiger charge is -2.13. The van der Waals surface area contributed by atoms with Crippen molar-refractivity contribution in [3.05, 3.63) is 22.7 Å². The summed E-state index contributed by atoms with van der Waals surface area (Å²) < 4.78 is 10.3. The van der Waals surface area contributed by atoms with Crippen LogP contribution in [0, 0.1) is 0 Å². The Morgan fingerprint density at radius 1 is 1.33 bits per heavy atom. The molecule has 1 N–H and O–H groups in total. The van der Waals surface area contributed by atoms with E-state index in [4.69, 9.17) is 21.1 Å². The van der Waals surface area contributed by atoms with Crippen LogP contribution in [0.4, 0.5) is 0 Å². The summed E-state index contributed by atoms with van der Waals surface area (Å²) >= 11 is 6.07. The van der Waals surface area contributed by atoms with Gasteiger partial charge in [0.1, 0.15) is 16.5 Å². The molecular formula is C11H15ClO3. The molecule has 0 saturated carbocycles. The van der Waals surface area contributed by atoms with Crippen LogP contribution in [0.5, 0.6) is 11.5 Å². The summed E-state index contributed by atoms with van der Waals surface area (Å²) in [5.74, 6) is 1.14. The van der Waals surface area contributed by atoms with Gasteiger partial charge in [-0.3, -0.25) is 0 Å². The van der Waals surface area contributed by atoms with Crippen molar-refractivity contribution in [1.82, 2.24) is 0 Å². The molecular weight excluding hydrogens is 216 g/mol. The SMILES string of the molecule is COc1ccc(CC(C)O)c(OC)c1Cl. The first-order valence-electron chi connectivity index (χ1n) is 4.67. The minimum atomic E-state index is -0.427. The summed E-state index contributed by atoms with van der Waals surface area (Å²) in [6.07, 6.45) is 0.0794. The van der Waals surface area contributed by atoms with Gasteiger partial charge in [-0.05, 0) is 18.6 Å². The third-order valence-corrected chi connectivity index (χ3v) is 2.44. The molecule has 0 aliphatic heterocycles. The second kappa shape index (κ2) is 5.24. The Morgan fingerprint density at radius 2 is 2.00 bits per heavy atom. The van der Waals surface area contributed by atoms with Gasteiger partial charge in [0, 0.05) is 6.42 Å². The second-order valence-electron chi connectivity index (χ2n) is 3.33. The first kappa shape index (κ1) is 12.1. The molecule has 1 aromatic rings. The topological polar surface area (TPSA) is 38.7 Å². The van der Waals surface area contributed by atoms with Crippen molar-refractivity contribution in [2.45, 2.75) is 19.4 Å². The summed E-state index contributed by atoms with van der Waals surface area (Å²) in [6.45, 7) is 1.72. The molecule has 1 rings (SSSR count). The number of benzene rings is 1. The number of methoxy groups -OCH3 is 2. The molecule has 1 unspecified atom stereocenters. The van der Waals surface area contributed by atoms with Crippen molar-refractivity contribution in [2.24, 2.45) is 0 Å². The summed E-state index contributed by atoms with van der Waals surface area (Å²) in [4.78, 5) is 0. The molecule has 0 saturated heterocycles. The number of hydrogen-bond acceptors (Lipinski definition) is 3. The average Bonchev–Trinajstić information content (AvgIpc) is 2.18. The van der Waals surface area contributed by atoms with Gasteiger partial charge >= 0.3 is 0 Å². The summed E-state index contributed by atoms with van der Waals surface area (Å²) in [5.41, 5.74) is 0.873. The first-order valence-corrected chi connectivity index (χ1v) is 5.05. The first-order chi connectivity index (χ1) is 7.10. The van der Waals surface area contributed by atoms with Gasteiger partial charge in [-0.15, -0.1) is 0 Å². The number of halogens is 1. The van der Waals surface area contributed by atoms with E-state index in [2.05, 4.69) is 0 Å². The van der Waals surface area contributed by atoms with Gasteiger partial charge in [0.05, 0.1) is 20.3 Å². The van der Waals surface area contributed by atoms with Crippen LogP contribution in [0.15, 0.2) is 12.1 Å². The van der Waals surface area contributed by atoms with Crippen LogP contribution in [-0.2, 0) is 6.42 Å².